The lowest BCUT2D eigenvalue weighted by Crippen LogP contribution is -2.35. The molecule has 0 atom stereocenters. The number of nitrogens with one attached hydrogen (secondary N) is 1. The van der Waals surface area contributed by atoms with E-state index in [1.54, 1.807) is 25.4 Å². The number of anilines is 1. The van der Waals surface area contributed by atoms with E-state index in [9.17, 15) is 9.59 Å². The molecule has 3 aromatic rings. The highest BCUT2D eigenvalue weighted by atomic mass is 79.9. The molecule has 0 aliphatic carbocycles. The van der Waals surface area contributed by atoms with Crippen LogP contribution < -0.4 is 5.32 Å². The Kier molecular flexibility index (Phi) is 7.29. The molecule has 0 unspecified atom stereocenters. The van der Waals surface area contributed by atoms with Crippen LogP contribution in [-0.4, -0.2) is 35.3 Å². The Morgan fingerprint density at radius 3 is 2.63 bits per heavy atom. The van der Waals surface area contributed by atoms with E-state index in [-0.39, 0.29) is 24.8 Å². The molecule has 6 nitrogen and oxygen atoms in total. The summed E-state index contributed by atoms with van der Waals surface area (Å²) in [6.07, 6.45) is 2.17. The van der Waals surface area contributed by atoms with Gasteiger partial charge in [-0.05, 0) is 55.0 Å². The van der Waals surface area contributed by atoms with E-state index in [4.69, 9.17) is 16.0 Å². The highest BCUT2D eigenvalue weighted by Crippen LogP contribution is 2.23. The van der Waals surface area contributed by atoms with E-state index in [0.717, 1.165) is 21.3 Å². The van der Waals surface area contributed by atoms with Crippen LogP contribution in [0.4, 0.5) is 5.69 Å². The number of carbonyl (C=O) groups excluding carboxylic acids is 2. The van der Waals surface area contributed by atoms with Crippen LogP contribution in [-0.2, 0) is 16.0 Å². The average molecular weight is 491 g/mol. The highest BCUT2D eigenvalue weighted by Gasteiger charge is 2.15. The van der Waals surface area contributed by atoms with Crippen LogP contribution in [0.5, 0.6) is 0 Å². The maximum absolute atomic E-state index is 12.4. The van der Waals surface area contributed by atoms with Gasteiger partial charge in [0.25, 0.3) is 0 Å². The molecule has 2 amide bonds. The summed E-state index contributed by atoms with van der Waals surface area (Å²) in [5.74, 6) is 0.671. The summed E-state index contributed by atoms with van der Waals surface area (Å²) in [6, 6.07) is 12.8. The van der Waals surface area contributed by atoms with Gasteiger partial charge in [-0.3, -0.25) is 9.59 Å². The summed E-state index contributed by atoms with van der Waals surface area (Å²) >= 11 is 9.29. The first-order chi connectivity index (χ1) is 14.3. The molecule has 156 valence electrons. The van der Waals surface area contributed by atoms with Crippen LogP contribution in [0, 0.1) is 6.92 Å². The maximum Gasteiger partial charge on any atom is 0.243 e. The molecule has 1 aromatic heterocycles. The first-order valence-electron chi connectivity index (χ1n) is 9.32. The van der Waals surface area contributed by atoms with E-state index in [2.05, 4.69) is 26.2 Å². The standard InChI is InChI=1S/C22H21BrClN3O3/c1-14-11-16(23)5-8-18(14)26-20(28)13-27(2)22(29)10-9-21-25-12-19(30-21)15-3-6-17(24)7-4-15/h3-8,11-12H,9-10,13H2,1-2H3,(H,26,28). The van der Waals surface area contributed by atoms with Crippen LogP contribution in [0.2, 0.25) is 5.02 Å². The van der Waals surface area contributed by atoms with Gasteiger partial charge in [0.2, 0.25) is 11.8 Å². The van der Waals surface area contributed by atoms with Crippen molar-refractivity contribution in [1.29, 1.82) is 0 Å². The third-order valence-electron chi connectivity index (χ3n) is 4.50. The predicted molar refractivity (Wildman–Crippen MR) is 120 cm³/mol. The highest BCUT2D eigenvalue weighted by molar-refractivity contribution is 9.10. The van der Waals surface area contributed by atoms with Crippen LogP contribution in [0.15, 0.2) is 57.6 Å². The number of oxazole rings is 1. The van der Waals surface area contributed by atoms with Gasteiger partial charge in [0.15, 0.2) is 11.7 Å². The molecule has 8 heteroatoms. The smallest absolute Gasteiger partial charge is 0.243 e. The monoisotopic (exact) mass is 489 g/mol. The van der Waals surface area contributed by atoms with Crippen LogP contribution in [0.1, 0.15) is 17.9 Å². The summed E-state index contributed by atoms with van der Waals surface area (Å²) in [4.78, 5) is 30.3. The summed E-state index contributed by atoms with van der Waals surface area (Å²) in [5.41, 5.74) is 2.52. The van der Waals surface area contributed by atoms with Gasteiger partial charge in [-0.2, -0.15) is 0 Å². The fourth-order valence-electron chi connectivity index (χ4n) is 2.84. The van der Waals surface area contributed by atoms with Crippen LogP contribution >= 0.6 is 27.5 Å². The second-order valence-corrected chi connectivity index (χ2v) is 8.23. The lowest BCUT2D eigenvalue weighted by Gasteiger charge is -2.17. The Balaban J connectivity index is 1.49. The third-order valence-corrected chi connectivity index (χ3v) is 5.25. The third kappa shape index (κ3) is 5.93. The number of aryl methyl sites for hydroxylation is 2. The molecule has 0 saturated carbocycles. The molecular weight excluding hydrogens is 470 g/mol. The molecule has 1 N–H and O–H groups in total. The number of likely N-dealkylation sites (N-methyl/N-ethyl adjacent to an activating group) is 1. The Labute approximate surface area is 188 Å². The van der Waals surface area contributed by atoms with Crippen molar-refractivity contribution in [2.45, 2.75) is 19.8 Å². The van der Waals surface area contributed by atoms with E-state index >= 15 is 0 Å². The van der Waals surface area contributed by atoms with Gasteiger partial charge in [-0.25, -0.2) is 4.98 Å². The minimum atomic E-state index is -0.252. The van der Waals surface area contributed by atoms with E-state index < -0.39 is 0 Å². The lowest BCUT2D eigenvalue weighted by atomic mass is 10.2. The molecule has 0 aliphatic heterocycles. The number of carbonyl (C=O) groups is 2. The predicted octanol–water partition coefficient (Wildman–Crippen LogP) is 5.10. The summed E-state index contributed by atoms with van der Waals surface area (Å²) < 4.78 is 6.66. The van der Waals surface area contributed by atoms with Crippen molar-refractivity contribution in [3.63, 3.8) is 0 Å². The zero-order valence-corrected chi connectivity index (χ0v) is 19.0. The van der Waals surface area contributed by atoms with Crippen molar-refractivity contribution in [3.05, 3.63) is 69.6 Å². The van der Waals surface area contributed by atoms with Gasteiger partial charge in [-0.1, -0.05) is 27.5 Å². The number of hydrogen-bond donors (Lipinski definition) is 1. The quantitative estimate of drug-likeness (QED) is 0.500. The topological polar surface area (TPSA) is 75.4 Å². The first kappa shape index (κ1) is 22.1. The van der Waals surface area contributed by atoms with Gasteiger partial charge in [0.05, 0.1) is 12.7 Å². The van der Waals surface area contributed by atoms with Crippen molar-refractivity contribution in [2.24, 2.45) is 0 Å². The molecule has 0 spiro atoms. The molecule has 0 radical (unpaired) electrons. The number of nitrogens with zero attached hydrogens (tertiary/aromatic N) is 2. The zero-order valence-electron chi connectivity index (χ0n) is 16.6. The van der Waals surface area contributed by atoms with E-state index in [0.29, 0.717) is 23.1 Å². The van der Waals surface area contributed by atoms with Crippen molar-refractivity contribution in [1.82, 2.24) is 9.88 Å². The Morgan fingerprint density at radius 1 is 1.20 bits per heavy atom. The van der Waals surface area contributed by atoms with Gasteiger partial charge in [-0.15, -0.1) is 0 Å². The van der Waals surface area contributed by atoms with Gasteiger partial charge in [0, 0.05) is 40.6 Å². The molecule has 3 rings (SSSR count). The number of aromatic nitrogens is 1. The number of rotatable bonds is 7. The summed E-state index contributed by atoms with van der Waals surface area (Å²) in [5, 5.41) is 3.47. The van der Waals surface area contributed by atoms with Crippen LogP contribution in [0.25, 0.3) is 11.3 Å². The van der Waals surface area contributed by atoms with Gasteiger partial charge < -0.3 is 14.6 Å². The molecule has 1 heterocycles. The number of halogens is 2. The van der Waals surface area contributed by atoms with Gasteiger partial charge in [0.1, 0.15) is 0 Å². The summed E-state index contributed by atoms with van der Waals surface area (Å²) in [6.45, 7) is 1.87. The molecule has 30 heavy (non-hydrogen) atoms. The SMILES string of the molecule is Cc1cc(Br)ccc1NC(=O)CN(C)C(=O)CCc1ncc(-c2ccc(Cl)cc2)o1. The van der Waals surface area contributed by atoms with Crippen LogP contribution in [0.3, 0.4) is 0 Å². The fourth-order valence-corrected chi connectivity index (χ4v) is 3.44. The normalized spacial score (nSPS) is 10.7. The van der Waals surface area contributed by atoms with Gasteiger partial charge >= 0.3 is 0 Å². The molecule has 2 aromatic carbocycles. The minimum absolute atomic E-state index is 0.0318. The lowest BCUT2D eigenvalue weighted by molar-refractivity contribution is -0.133. The van der Waals surface area contributed by atoms with Crippen molar-refractivity contribution >= 4 is 45.0 Å². The average Bonchev–Trinajstić information content (AvgIpc) is 3.17. The largest absolute Gasteiger partial charge is 0.441 e. The van der Waals surface area contributed by atoms with E-state index in [1.807, 2.05) is 37.3 Å². The number of hydrogen-bond acceptors (Lipinski definition) is 4. The Morgan fingerprint density at radius 2 is 1.93 bits per heavy atom. The summed E-state index contributed by atoms with van der Waals surface area (Å²) in [7, 11) is 1.60. The molecule has 0 aliphatic rings. The number of amides is 2. The Hall–Kier alpha value is -2.64. The van der Waals surface area contributed by atoms with Crippen molar-refractivity contribution in [3.8, 4) is 11.3 Å². The second kappa shape index (κ2) is 9.91. The second-order valence-electron chi connectivity index (χ2n) is 6.88. The first-order valence-corrected chi connectivity index (χ1v) is 10.5. The van der Waals surface area contributed by atoms with E-state index in [1.165, 1.54) is 4.90 Å². The minimum Gasteiger partial charge on any atom is -0.441 e. The number of benzene rings is 2. The fraction of sp³-hybridized carbons (Fsp3) is 0.227. The van der Waals surface area contributed by atoms with Crippen molar-refractivity contribution < 1.29 is 14.0 Å². The molecule has 0 bridgehead atoms. The van der Waals surface area contributed by atoms with Crippen molar-refractivity contribution in [2.75, 3.05) is 18.9 Å². The Bertz CT molecular complexity index is 1050. The molecular formula is C22H21BrClN3O3. The molecule has 0 fully saturated rings. The maximum atomic E-state index is 12.4. The zero-order chi connectivity index (χ0) is 21.7. The molecule has 0 saturated heterocycles.